The fourth-order valence-electron chi connectivity index (χ4n) is 3.32. The van der Waals surface area contributed by atoms with Crippen molar-refractivity contribution in [2.45, 2.75) is 25.7 Å². The van der Waals surface area contributed by atoms with Crippen LogP contribution in [0.2, 0.25) is 5.28 Å². The predicted molar refractivity (Wildman–Crippen MR) is 72.2 cm³/mol. The van der Waals surface area contributed by atoms with E-state index in [1.807, 2.05) is 0 Å². The molecule has 1 aromatic heterocycles. The molecule has 2 fully saturated rings. The first-order valence-corrected chi connectivity index (χ1v) is 7.31. The molecule has 1 aromatic rings. The van der Waals surface area contributed by atoms with Crippen molar-refractivity contribution in [3.8, 4) is 0 Å². The van der Waals surface area contributed by atoms with E-state index in [0.717, 1.165) is 34.6 Å². The van der Waals surface area contributed by atoms with E-state index in [9.17, 15) is 0 Å². The highest BCUT2D eigenvalue weighted by molar-refractivity contribution is 9.10. The van der Waals surface area contributed by atoms with Crippen LogP contribution in [0.15, 0.2) is 10.7 Å². The smallest absolute Gasteiger partial charge is 0.224 e. The minimum atomic E-state index is 0.295. The molecule has 0 saturated heterocycles. The third-order valence-electron chi connectivity index (χ3n) is 4.13. The van der Waals surface area contributed by atoms with Crippen molar-refractivity contribution in [3.05, 3.63) is 16.0 Å². The molecule has 1 heterocycles. The number of anilines is 1. The fourth-order valence-corrected chi connectivity index (χ4v) is 3.79. The van der Waals surface area contributed by atoms with Gasteiger partial charge in [-0.1, -0.05) is 6.42 Å². The number of nitrogens with zero attached hydrogens (tertiary/aromatic N) is 2. The van der Waals surface area contributed by atoms with Crippen molar-refractivity contribution in [2.75, 3.05) is 11.9 Å². The zero-order valence-corrected chi connectivity index (χ0v) is 11.8. The molecule has 17 heavy (non-hydrogen) atoms. The lowest BCUT2D eigenvalue weighted by molar-refractivity contribution is 0.348. The molecule has 2 aliphatic rings. The second-order valence-corrected chi connectivity index (χ2v) is 6.34. The van der Waals surface area contributed by atoms with Gasteiger partial charge in [-0.15, -0.1) is 0 Å². The summed E-state index contributed by atoms with van der Waals surface area (Å²) in [5.41, 5.74) is 0. The number of hydrogen-bond acceptors (Lipinski definition) is 3. The van der Waals surface area contributed by atoms with Gasteiger partial charge in [0.05, 0.1) is 4.47 Å². The Balaban J connectivity index is 1.62. The van der Waals surface area contributed by atoms with Crippen LogP contribution in [0, 0.1) is 17.8 Å². The van der Waals surface area contributed by atoms with Crippen molar-refractivity contribution in [2.24, 2.45) is 17.8 Å². The number of rotatable bonds is 3. The van der Waals surface area contributed by atoms with Gasteiger partial charge in [0.15, 0.2) is 0 Å². The number of hydrogen-bond donors (Lipinski definition) is 1. The standard InChI is InChI=1S/C12H15BrClN3/c13-10-6-16-12(14)17-11(10)15-5-9-4-7-1-2-8(9)3-7/h6-9H,1-5H2,(H,15,16,17). The van der Waals surface area contributed by atoms with Crippen LogP contribution in [0.3, 0.4) is 0 Å². The van der Waals surface area contributed by atoms with Crippen molar-refractivity contribution < 1.29 is 0 Å². The zero-order valence-electron chi connectivity index (χ0n) is 9.50. The number of nitrogens with one attached hydrogen (secondary N) is 1. The van der Waals surface area contributed by atoms with Gasteiger partial charge in [0.25, 0.3) is 0 Å². The van der Waals surface area contributed by atoms with E-state index in [2.05, 4.69) is 31.2 Å². The number of halogens is 2. The average Bonchev–Trinajstić information content (AvgIpc) is 2.92. The van der Waals surface area contributed by atoms with Gasteiger partial charge in [0.2, 0.25) is 5.28 Å². The molecule has 0 aromatic carbocycles. The lowest BCUT2D eigenvalue weighted by atomic mass is 9.89. The monoisotopic (exact) mass is 315 g/mol. The first kappa shape index (κ1) is 11.7. The van der Waals surface area contributed by atoms with Crippen molar-refractivity contribution in [3.63, 3.8) is 0 Å². The first-order valence-electron chi connectivity index (χ1n) is 6.14. The molecule has 3 unspecified atom stereocenters. The fraction of sp³-hybridized carbons (Fsp3) is 0.667. The highest BCUT2D eigenvalue weighted by Crippen LogP contribution is 2.48. The summed E-state index contributed by atoms with van der Waals surface area (Å²) in [6, 6.07) is 0. The molecule has 1 N–H and O–H groups in total. The Hall–Kier alpha value is -0.350. The SMILES string of the molecule is Clc1ncc(Br)c(NCC2CC3CCC2C3)n1. The third-order valence-corrected chi connectivity index (χ3v) is 4.89. The molecular weight excluding hydrogens is 302 g/mol. The quantitative estimate of drug-likeness (QED) is 0.863. The maximum atomic E-state index is 5.79. The molecule has 5 heteroatoms. The van der Waals surface area contributed by atoms with Gasteiger partial charge in [-0.2, -0.15) is 4.98 Å². The Morgan fingerprint density at radius 1 is 1.41 bits per heavy atom. The van der Waals surface area contributed by atoms with Crippen LogP contribution in [0.25, 0.3) is 0 Å². The summed E-state index contributed by atoms with van der Waals surface area (Å²) in [6.45, 7) is 1.01. The Kier molecular flexibility index (Phi) is 3.26. The Bertz CT molecular complexity index is 426. The topological polar surface area (TPSA) is 37.8 Å². The summed E-state index contributed by atoms with van der Waals surface area (Å²) in [6.07, 6.45) is 7.39. The van der Waals surface area contributed by atoms with Crippen LogP contribution < -0.4 is 5.32 Å². The molecule has 3 atom stereocenters. The van der Waals surface area contributed by atoms with E-state index < -0.39 is 0 Å². The molecule has 0 amide bonds. The zero-order chi connectivity index (χ0) is 11.8. The van der Waals surface area contributed by atoms with E-state index in [-0.39, 0.29) is 0 Å². The Morgan fingerprint density at radius 2 is 2.29 bits per heavy atom. The van der Waals surface area contributed by atoms with Gasteiger partial charge >= 0.3 is 0 Å². The highest BCUT2D eigenvalue weighted by atomic mass is 79.9. The van der Waals surface area contributed by atoms with Crippen LogP contribution in [-0.4, -0.2) is 16.5 Å². The number of aromatic nitrogens is 2. The number of fused-ring (bicyclic) bond motifs is 2. The predicted octanol–water partition coefficient (Wildman–Crippen LogP) is 3.74. The largest absolute Gasteiger partial charge is 0.369 e. The Morgan fingerprint density at radius 3 is 3.00 bits per heavy atom. The van der Waals surface area contributed by atoms with E-state index in [1.54, 1.807) is 6.20 Å². The maximum Gasteiger partial charge on any atom is 0.224 e. The van der Waals surface area contributed by atoms with Crippen LogP contribution in [0.5, 0.6) is 0 Å². The van der Waals surface area contributed by atoms with Gasteiger partial charge in [-0.05, 0) is 64.5 Å². The lowest BCUT2D eigenvalue weighted by Gasteiger charge is -2.22. The van der Waals surface area contributed by atoms with Gasteiger partial charge in [0, 0.05) is 12.7 Å². The molecule has 0 aliphatic heterocycles. The summed E-state index contributed by atoms with van der Waals surface area (Å²) in [5, 5.41) is 3.69. The lowest BCUT2D eigenvalue weighted by Crippen LogP contribution is -2.20. The van der Waals surface area contributed by atoms with Gasteiger partial charge in [0.1, 0.15) is 5.82 Å². The van der Waals surface area contributed by atoms with Crippen LogP contribution >= 0.6 is 27.5 Å². The third kappa shape index (κ3) is 2.43. The summed E-state index contributed by atoms with van der Waals surface area (Å²) in [5.74, 6) is 3.55. The maximum absolute atomic E-state index is 5.79. The molecular formula is C12H15BrClN3. The minimum Gasteiger partial charge on any atom is -0.369 e. The van der Waals surface area contributed by atoms with Gasteiger partial charge < -0.3 is 5.32 Å². The van der Waals surface area contributed by atoms with Gasteiger partial charge in [-0.25, -0.2) is 4.98 Å². The first-order chi connectivity index (χ1) is 8.22. The van der Waals surface area contributed by atoms with Crippen molar-refractivity contribution >= 4 is 33.3 Å². The van der Waals surface area contributed by atoms with E-state index in [0.29, 0.717) is 5.28 Å². The van der Waals surface area contributed by atoms with E-state index in [1.165, 1.54) is 25.7 Å². The van der Waals surface area contributed by atoms with Crippen LogP contribution in [-0.2, 0) is 0 Å². The average molecular weight is 317 g/mol. The van der Waals surface area contributed by atoms with Crippen molar-refractivity contribution in [1.82, 2.24) is 9.97 Å². The molecule has 0 radical (unpaired) electrons. The highest BCUT2D eigenvalue weighted by Gasteiger charge is 2.39. The summed E-state index contributed by atoms with van der Waals surface area (Å²) < 4.78 is 0.880. The second-order valence-electron chi connectivity index (χ2n) is 5.15. The van der Waals surface area contributed by atoms with Crippen molar-refractivity contribution in [1.29, 1.82) is 0 Å². The van der Waals surface area contributed by atoms with Crippen LogP contribution in [0.1, 0.15) is 25.7 Å². The Labute approximate surface area is 114 Å². The van der Waals surface area contributed by atoms with E-state index in [4.69, 9.17) is 11.6 Å². The minimum absolute atomic E-state index is 0.295. The molecule has 0 spiro atoms. The summed E-state index contributed by atoms with van der Waals surface area (Å²) in [7, 11) is 0. The molecule has 2 saturated carbocycles. The second kappa shape index (κ2) is 4.73. The van der Waals surface area contributed by atoms with E-state index >= 15 is 0 Å². The summed E-state index contributed by atoms with van der Waals surface area (Å²) >= 11 is 9.23. The summed E-state index contributed by atoms with van der Waals surface area (Å²) in [4.78, 5) is 8.12. The van der Waals surface area contributed by atoms with Gasteiger partial charge in [-0.3, -0.25) is 0 Å². The molecule has 2 bridgehead atoms. The molecule has 2 aliphatic carbocycles. The molecule has 92 valence electrons. The normalized spacial score (nSPS) is 30.8. The molecule has 3 nitrogen and oxygen atoms in total. The van der Waals surface area contributed by atoms with Crippen LogP contribution in [0.4, 0.5) is 5.82 Å². The molecule has 3 rings (SSSR count).